The normalized spacial score (nSPS) is 12.9. The molecule has 0 aromatic rings. The molecule has 118 valence electrons. The fourth-order valence-electron chi connectivity index (χ4n) is 1.68. The van der Waals surface area contributed by atoms with Gasteiger partial charge < -0.3 is 16.0 Å². The van der Waals surface area contributed by atoms with Gasteiger partial charge in [0.05, 0.1) is 6.54 Å². The van der Waals surface area contributed by atoms with E-state index in [-0.39, 0.29) is 36.2 Å². The van der Waals surface area contributed by atoms with Crippen LogP contribution in [-0.4, -0.2) is 42.4 Å². The highest BCUT2D eigenvalue weighted by atomic mass is 16.2. The number of rotatable bonds is 8. The van der Waals surface area contributed by atoms with Crippen LogP contribution in [0.2, 0.25) is 0 Å². The monoisotopic (exact) mass is 285 g/mol. The lowest BCUT2D eigenvalue weighted by Crippen LogP contribution is -2.45. The van der Waals surface area contributed by atoms with Crippen LogP contribution in [0.5, 0.6) is 0 Å². The molecule has 0 heterocycles. The molecule has 0 aliphatic carbocycles. The maximum absolute atomic E-state index is 12.3. The largest absolute Gasteiger partial charge is 0.355 e. The van der Waals surface area contributed by atoms with Crippen molar-refractivity contribution in [2.24, 2.45) is 11.1 Å². The molecule has 1 unspecified atom stereocenters. The van der Waals surface area contributed by atoms with Crippen molar-refractivity contribution >= 4 is 11.8 Å². The van der Waals surface area contributed by atoms with Gasteiger partial charge in [-0.05, 0) is 18.3 Å². The molecule has 0 aliphatic heterocycles. The zero-order chi connectivity index (χ0) is 15.8. The summed E-state index contributed by atoms with van der Waals surface area (Å²) < 4.78 is 0. The molecule has 0 bridgehead atoms. The molecule has 0 saturated carbocycles. The third kappa shape index (κ3) is 7.48. The molecular weight excluding hydrogens is 254 g/mol. The second kappa shape index (κ2) is 8.95. The summed E-state index contributed by atoms with van der Waals surface area (Å²) in [6.07, 6.45) is 2.00. The minimum Gasteiger partial charge on any atom is -0.355 e. The van der Waals surface area contributed by atoms with Crippen LogP contribution in [-0.2, 0) is 9.59 Å². The molecule has 0 rings (SSSR count). The molecule has 0 radical (unpaired) electrons. The van der Waals surface area contributed by atoms with Gasteiger partial charge in [0.1, 0.15) is 0 Å². The van der Waals surface area contributed by atoms with E-state index in [2.05, 4.69) is 5.32 Å². The average Bonchev–Trinajstić information content (AvgIpc) is 2.34. The number of carbonyl (C=O) groups excluding carboxylic acids is 2. The minimum absolute atomic E-state index is 0.0408. The second-order valence-corrected chi connectivity index (χ2v) is 6.34. The van der Waals surface area contributed by atoms with Crippen LogP contribution in [0.15, 0.2) is 0 Å². The molecular formula is C15H31N3O2. The minimum atomic E-state index is -0.201. The van der Waals surface area contributed by atoms with Gasteiger partial charge in [0.25, 0.3) is 0 Å². The summed E-state index contributed by atoms with van der Waals surface area (Å²) in [6.45, 7) is 11.4. The van der Waals surface area contributed by atoms with Crippen molar-refractivity contribution in [3.8, 4) is 0 Å². The Labute approximate surface area is 123 Å². The van der Waals surface area contributed by atoms with E-state index < -0.39 is 0 Å². The Kier molecular flexibility index (Phi) is 8.46. The molecule has 5 heteroatoms. The fraction of sp³-hybridized carbons (Fsp3) is 0.867. The van der Waals surface area contributed by atoms with Gasteiger partial charge in [-0.2, -0.15) is 0 Å². The van der Waals surface area contributed by atoms with Gasteiger partial charge in [0.2, 0.25) is 11.8 Å². The van der Waals surface area contributed by atoms with Crippen molar-refractivity contribution in [3.05, 3.63) is 0 Å². The third-order valence-corrected chi connectivity index (χ3v) is 3.26. The zero-order valence-electron chi connectivity index (χ0n) is 13.7. The SMILES string of the molecule is CCCNC(=O)CN(CCC)C(=O)CC(N)C(C)(C)C. The van der Waals surface area contributed by atoms with Crippen molar-refractivity contribution in [3.63, 3.8) is 0 Å². The van der Waals surface area contributed by atoms with Crippen LogP contribution in [0.1, 0.15) is 53.9 Å². The number of hydrogen-bond acceptors (Lipinski definition) is 3. The number of amides is 2. The number of nitrogens with two attached hydrogens (primary N) is 1. The first-order valence-corrected chi connectivity index (χ1v) is 7.52. The zero-order valence-corrected chi connectivity index (χ0v) is 13.7. The van der Waals surface area contributed by atoms with Gasteiger partial charge in [-0.1, -0.05) is 34.6 Å². The predicted octanol–water partition coefficient (Wildman–Crippen LogP) is 1.51. The van der Waals surface area contributed by atoms with Crippen LogP contribution in [0.3, 0.4) is 0 Å². The average molecular weight is 285 g/mol. The van der Waals surface area contributed by atoms with E-state index in [1.807, 2.05) is 34.6 Å². The summed E-state index contributed by atoms with van der Waals surface area (Å²) in [6, 6.07) is -0.201. The van der Waals surface area contributed by atoms with Crippen LogP contribution in [0.25, 0.3) is 0 Å². The van der Waals surface area contributed by atoms with Crippen LogP contribution in [0, 0.1) is 5.41 Å². The lowest BCUT2D eigenvalue weighted by Gasteiger charge is -2.29. The Hall–Kier alpha value is -1.10. The summed E-state index contributed by atoms with van der Waals surface area (Å²) in [7, 11) is 0. The smallest absolute Gasteiger partial charge is 0.239 e. The fourth-order valence-corrected chi connectivity index (χ4v) is 1.68. The number of nitrogens with one attached hydrogen (secondary N) is 1. The van der Waals surface area contributed by atoms with Crippen molar-refractivity contribution in [1.29, 1.82) is 0 Å². The number of nitrogens with zero attached hydrogens (tertiary/aromatic N) is 1. The highest BCUT2D eigenvalue weighted by Gasteiger charge is 2.26. The summed E-state index contributed by atoms with van der Waals surface area (Å²) in [5, 5.41) is 2.80. The van der Waals surface area contributed by atoms with E-state index in [1.54, 1.807) is 4.90 Å². The first-order chi connectivity index (χ1) is 9.22. The van der Waals surface area contributed by atoms with Crippen LogP contribution >= 0.6 is 0 Å². The van der Waals surface area contributed by atoms with E-state index in [9.17, 15) is 9.59 Å². The van der Waals surface area contributed by atoms with Gasteiger partial charge in [0, 0.05) is 25.6 Å². The maximum atomic E-state index is 12.3. The number of carbonyl (C=O) groups is 2. The molecule has 5 nitrogen and oxygen atoms in total. The Bertz CT molecular complexity index is 311. The molecule has 2 amide bonds. The second-order valence-electron chi connectivity index (χ2n) is 6.34. The summed E-state index contributed by atoms with van der Waals surface area (Å²) >= 11 is 0. The highest BCUT2D eigenvalue weighted by Crippen LogP contribution is 2.20. The summed E-state index contributed by atoms with van der Waals surface area (Å²) in [5.74, 6) is -0.140. The van der Waals surface area contributed by atoms with Crippen molar-refractivity contribution in [1.82, 2.24) is 10.2 Å². The first kappa shape index (κ1) is 18.9. The summed E-state index contributed by atoms with van der Waals surface area (Å²) in [5.41, 5.74) is 5.94. The topological polar surface area (TPSA) is 75.4 Å². The van der Waals surface area contributed by atoms with Crippen molar-refractivity contribution in [2.75, 3.05) is 19.6 Å². The molecule has 0 saturated heterocycles. The highest BCUT2D eigenvalue weighted by molar-refractivity contribution is 5.85. The lowest BCUT2D eigenvalue weighted by atomic mass is 9.85. The standard InChI is InChI=1S/C15H31N3O2/c1-6-8-17-13(19)11-18(9-7-2)14(20)10-12(16)15(3,4)5/h12H,6-11,16H2,1-5H3,(H,17,19). The van der Waals surface area contributed by atoms with Gasteiger partial charge in [-0.15, -0.1) is 0 Å². The van der Waals surface area contributed by atoms with Gasteiger partial charge in [0.15, 0.2) is 0 Å². The Balaban J connectivity index is 4.50. The molecule has 3 N–H and O–H groups in total. The Morgan fingerprint density at radius 1 is 1.20 bits per heavy atom. The third-order valence-electron chi connectivity index (χ3n) is 3.26. The molecule has 0 aromatic carbocycles. The van der Waals surface area contributed by atoms with Gasteiger partial charge in [-0.25, -0.2) is 0 Å². The molecule has 0 aromatic heterocycles. The van der Waals surface area contributed by atoms with E-state index >= 15 is 0 Å². The van der Waals surface area contributed by atoms with Gasteiger partial charge in [-0.3, -0.25) is 9.59 Å². The molecule has 0 spiro atoms. The Morgan fingerprint density at radius 2 is 1.80 bits per heavy atom. The first-order valence-electron chi connectivity index (χ1n) is 7.52. The number of hydrogen-bond donors (Lipinski definition) is 2. The molecule has 0 aliphatic rings. The van der Waals surface area contributed by atoms with E-state index in [4.69, 9.17) is 5.73 Å². The Morgan fingerprint density at radius 3 is 2.25 bits per heavy atom. The van der Waals surface area contributed by atoms with Crippen molar-refractivity contribution < 1.29 is 9.59 Å². The lowest BCUT2D eigenvalue weighted by molar-refractivity contribution is -0.136. The van der Waals surface area contributed by atoms with Crippen LogP contribution in [0.4, 0.5) is 0 Å². The maximum Gasteiger partial charge on any atom is 0.239 e. The molecule has 20 heavy (non-hydrogen) atoms. The predicted molar refractivity (Wildman–Crippen MR) is 82.2 cm³/mol. The molecule has 1 atom stereocenters. The molecule has 0 fully saturated rings. The van der Waals surface area contributed by atoms with Gasteiger partial charge >= 0.3 is 0 Å². The summed E-state index contributed by atoms with van der Waals surface area (Å²) in [4.78, 5) is 25.6. The van der Waals surface area contributed by atoms with Crippen LogP contribution < -0.4 is 11.1 Å². The quantitative estimate of drug-likeness (QED) is 0.710. The van der Waals surface area contributed by atoms with E-state index in [0.717, 1.165) is 12.8 Å². The van der Waals surface area contributed by atoms with E-state index in [0.29, 0.717) is 13.1 Å². The van der Waals surface area contributed by atoms with E-state index in [1.165, 1.54) is 0 Å². The van der Waals surface area contributed by atoms with Crippen molar-refractivity contribution in [2.45, 2.75) is 59.9 Å².